The molecule has 2 aliphatic rings. The average Bonchev–Trinajstić information content (AvgIpc) is 2.57. The van der Waals surface area contributed by atoms with E-state index in [0.717, 1.165) is 44.9 Å². The molecule has 2 fully saturated rings. The van der Waals surface area contributed by atoms with Gasteiger partial charge in [-0.3, -0.25) is 4.79 Å². The standard InChI is InChI=1S/C11H17NO2/c13-7-1-2-9-5-6-12-10(8-9)3-4-11(12)14/h7,9-10H,1-6,8H2/t9-,10?/m0/s1. The first kappa shape index (κ1) is 9.69. The first-order chi connectivity index (χ1) is 6.81. The van der Waals surface area contributed by atoms with E-state index in [4.69, 9.17) is 0 Å². The molecule has 2 saturated heterocycles. The quantitative estimate of drug-likeness (QED) is 0.638. The molecule has 1 unspecified atom stereocenters. The number of hydrogen-bond acceptors (Lipinski definition) is 2. The molecular formula is C11H17NO2. The van der Waals surface area contributed by atoms with Crippen molar-refractivity contribution in [3.8, 4) is 0 Å². The van der Waals surface area contributed by atoms with Gasteiger partial charge in [-0.15, -0.1) is 0 Å². The van der Waals surface area contributed by atoms with Gasteiger partial charge in [0, 0.05) is 25.4 Å². The lowest BCUT2D eigenvalue weighted by Gasteiger charge is -2.34. The number of hydrogen-bond donors (Lipinski definition) is 0. The van der Waals surface area contributed by atoms with Crippen molar-refractivity contribution in [2.75, 3.05) is 6.54 Å². The Morgan fingerprint density at radius 3 is 3.07 bits per heavy atom. The molecular weight excluding hydrogens is 178 g/mol. The number of carbonyl (C=O) groups excluding carboxylic acids is 2. The van der Waals surface area contributed by atoms with Crippen LogP contribution in [0.3, 0.4) is 0 Å². The van der Waals surface area contributed by atoms with Crippen molar-refractivity contribution < 1.29 is 9.59 Å². The van der Waals surface area contributed by atoms with Crippen molar-refractivity contribution in [1.82, 2.24) is 4.90 Å². The van der Waals surface area contributed by atoms with Crippen LogP contribution in [0.4, 0.5) is 0 Å². The van der Waals surface area contributed by atoms with Gasteiger partial charge in [-0.25, -0.2) is 0 Å². The first-order valence-corrected chi connectivity index (χ1v) is 5.54. The topological polar surface area (TPSA) is 37.4 Å². The Labute approximate surface area is 84.5 Å². The van der Waals surface area contributed by atoms with E-state index in [1.165, 1.54) is 0 Å². The minimum Gasteiger partial charge on any atom is -0.340 e. The number of rotatable bonds is 3. The molecule has 2 aliphatic heterocycles. The summed E-state index contributed by atoms with van der Waals surface area (Å²) in [5.41, 5.74) is 0. The van der Waals surface area contributed by atoms with Crippen molar-refractivity contribution >= 4 is 12.2 Å². The molecule has 2 atom stereocenters. The molecule has 2 heterocycles. The van der Waals surface area contributed by atoms with Gasteiger partial charge in [-0.05, 0) is 31.6 Å². The van der Waals surface area contributed by atoms with Crippen LogP contribution in [0.25, 0.3) is 0 Å². The van der Waals surface area contributed by atoms with Crippen LogP contribution in [0, 0.1) is 5.92 Å². The predicted molar refractivity (Wildman–Crippen MR) is 52.8 cm³/mol. The van der Waals surface area contributed by atoms with Crippen molar-refractivity contribution in [2.45, 2.75) is 44.6 Å². The van der Waals surface area contributed by atoms with E-state index in [-0.39, 0.29) is 0 Å². The fourth-order valence-electron chi connectivity index (χ4n) is 2.74. The van der Waals surface area contributed by atoms with Crippen LogP contribution >= 0.6 is 0 Å². The molecule has 0 bridgehead atoms. The molecule has 3 heteroatoms. The minimum absolute atomic E-state index is 0.337. The van der Waals surface area contributed by atoms with Crippen LogP contribution in [0.2, 0.25) is 0 Å². The Morgan fingerprint density at radius 2 is 2.29 bits per heavy atom. The Bertz CT molecular complexity index is 239. The maximum absolute atomic E-state index is 11.4. The van der Waals surface area contributed by atoms with Crippen LogP contribution in [-0.2, 0) is 9.59 Å². The van der Waals surface area contributed by atoms with E-state index < -0.39 is 0 Å². The van der Waals surface area contributed by atoms with Gasteiger partial charge in [0.15, 0.2) is 0 Å². The van der Waals surface area contributed by atoms with Crippen molar-refractivity contribution in [2.24, 2.45) is 5.92 Å². The molecule has 0 aliphatic carbocycles. The summed E-state index contributed by atoms with van der Waals surface area (Å²) in [5.74, 6) is 1.01. The minimum atomic E-state index is 0.337. The highest BCUT2D eigenvalue weighted by Crippen LogP contribution is 2.32. The van der Waals surface area contributed by atoms with Crippen LogP contribution in [0.1, 0.15) is 38.5 Å². The van der Waals surface area contributed by atoms with Crippen LogP contribution in [-0.4, -0.2) is 29.7 Å². The van der Waals surface area contributed by atoms with E-state index in [1.54, 1.807) is 0 Å². The van der Waals surface area contributed by atoms with E-state index in [0.29, 0.717) is 24.3 Å². The molecule has 2 rings (SSSR count). The Morgan fingerprint density at radius 1 is 1.43 bits per heavy atom. The Hall–Kier alpha value is -0.860. The molecule has 0 aromatic rings. The molecule has 0 aromatic carbocycles. The fourth-order valence-corrected chi connectivity index (χ4v) is 2.74. The SMILES string of the molecule is O=CCC[C@H]1CCN2C(=O)CCC2C1. The maximum atomic E-state index is 11.4. The van der Waals surface area contributed by atoms with Gasteiger partial charge in [0.2, 0.25) is 5.91 Å². The number of amides is 1. The lowest BCUT2D eigenvalue weighted by atomic mass is 9.88. The van der Waals surface area contributed by atoms with Gasteiger partial charge >= 0.3 is 0 Å². The Balaban J connectivity index is 1.86. The summed E-state index contributed by atoms with van der Waals surface area (Å²) in [5, 5.41) is 0. The summed E-state index contributed by atoms with van der Waals surface area (Å²) in [6.07, 6.45) is 6.71. The number of piperidine rings is 1. The van der Waals surface area contributed by atoms with E-state index in [1.807, 2.05) is 4.90 Å². The van der Waals surface area contributed by atoms with Gasteiger partial charge in [-0.1, -0.05) is 0 Å². The zero-order chi connectivity index (χ0) is 9.97. The molecule has 78 valence electrons. The molecule has 0 radical (unpaired) electrons. The monoisotopic (exact) mass is 195 g/mol. The summed E-state index contributed by atoms with van der Waals surface area (Å²) >= 11 is 0. The van der Waals surface area contributed by atoms with Crippen LogP contribution < -0.4 is 0 Å². The molecule has 0 N–H and O–H groups in total. The predicted octanol–water partition coefficient (Wildman–Crippen LogP) is 1.37. The zero-order valence-corrected chi connectivity index (χ0v) is 8.45. The number of carbonyl (C=O) groups is 2. The highest BCUT2D eigenvalue weighted by molar-refractivity contribution is 5.78. The fraction of sp³-hybridized carbons (Fsp3) is 0.818. The highest BCUT2D eigenvalue weighted by atomic mass is 16.2. The van der Waals surface area contributed by atoms with Crippen molar-refractivity contribution in [3.63, 3.8) is 0 Å². The molecule has 0 saturated carbocycles. The molecule has 3 nitrogen and oxygen atoms in total. The van der Waals surface area contributed by atoms with Gasteiger partial charge in [0.25, 0.3) is 0 Å². The second-order valence-corrected chi connectivity index (χ2v) is 4.41. The van der Waals surface area contributed by atoms with Crippen molar-refractivity contribution in [1.29, 1.82) is 0 Å². The maximum Gasteiger partial charge on any atom is 0.222 e. The van der Waals surface area contributed by atoms with Crippen molar-refractivity contribution in [3.05, 3.63) is 0 Å². The molecule has 0 spiro atoms. The number of fused-ring (bicyclic) bond motifs is 1. The summed E-state index contributed by atoms with van der Waals surface area (Å²) < 4.78 is 0. The van der Waals surface area contributed by atoms with Gasteiger partial charge in [-0.2, -0.15) is 0 Å². The first-order valence-electron chi connectivity index (χ1n) is 5.54. The normalized spacial score (nSPS) is 31.7. The van der Waals surface area contributed by atoms with Gasteiger partial charge < -0.3 is 9.69 Å². The third-order valence-electron chi connectivity index (χ3n) is 3.53. The highest BCUT2D eigenvalue weighted by Gasteiger charge is 2.35. The van der Waals surface area contributed by atoms with Gasteiger partial charge in [0.05, 0.1) is 0 Å². The lowest BCUT2D eigenvalue weighted by Crippen LogP contribution is -2.40. The lowest BCUT2D eigenvalue weighted by molar-refractivity contribution is -0.130. The second kappa shape index (κ2) is 4.11. The average molecular weight is 195 g/mol. The van der Waals surface area contributed by atoms with E-state index in [9.17, 15) is 9.59 Å². The van der Waals surface area contributed by atoms with Crippen LogP contribution in [0.5, 0.6) is 0 Å². The van der Waals surface area contributed by atoms with Crippen LogP contribution in [0.15, 0.2) is 0 Å². The molecule has 1 amide bonds. The summed E-state index contributed by atoms with van der Waals surface area (Å²) in [6, 6.07) is 0.493. The third-order valence-corrected chi connectivity index (χ3v) is 3.53. The van der Waals surface area contributed by atoms with Gasteiger partial charge in [0.1, 0.15) is 6.29 Å². The largest absolute Gasteiger partial charge is 0.340 e. The Kier molecular flexibility index (Phi) is 2.85. The smallest absolute Gasteiger partial charge is 0.222 e. The summed E-state index contributed by atoms with van der Waals surface area (Å²) in [7, 11) is 0. The molecule has 14 heavy (non-hydrogen) atoms. The molecule has 0 aromatic heterocycles. The third kappa shape index (κ3) is 1.81. The number of nitrogens with zero attached hydrogens (tertiary/aromatic N) is 1. The summed E-state index contributed by atoms with van der Waals surface area (Å²) in [6.45, 7) is 0.924. The second-order valence-electron chi connectivity index (χ2n) is 4.41. The van der Waals surface area contributed by atoms with E-state index in [2.05, 4.69) is 0 Å². The zero-order valence-electron chi connectivity index (χ0n) is 8.45. The number of aldehydes is 1. The summed E-state index contributed by atoms with van der Waals surface area (Å²) in [4.78, 5) is 23.7. The van der Waals surface area contributed by atoms with E-state index >= 15 is 0 Å².